The van der Waals surface area contributed by atoms with Gasteiger partial charge in [-0.15, -0.1) is 0 Å². The maximum atomic E-state index is 13.9. The van der Waals surface area contributed by atoms with E-state index < -0.39 is 23.8 Å². The van der Waals surface area contributed by atoms with Crippen molar-refractivity contribution in [2.75, 3.05) is 40.7 Å². The molecule has 42 heavy (non-hydrogen) atoms. The SMILES string of the molecule is COc1ccc([C@@H](C(=O)NC[C@@H]2CCCO2)N(Cc2ccc3c(c2)OCO3)C(=O)CNC(=O)c2ccco2)cc1OC. The Labute approximate surface area is 242 Å². The van der Waals surface area contributed by atoms with Crippen molar-refractivity contribution >= 4 is 17.7 Å². The molecule has 1 aromatic heterocycles. The molecular formula is C30H33N3O9. The second-order valence-electron chi connectivity index (χ2n) is 9.77. The van der Waals surface area contributed by atoms with E-state index in [1.54, 1.807) is 42.5 Å². The van der Waals surface area contributed by atoms with E-state index in [4.69, 9.17) is 28.1 Å². The molecule has 2 N–H and O–H groups in total. The minimum Gasteiger partial charge on any atom is -0.493 e. The molecule has 2 aromatic carbocycles. The monoisotopic (exact) mass is 579 g/mol. The molecule has 0 saturated carbocycles. The zero-order valence-corrected chi connectivity index (χ0v) is 23.4. The molecule has 222 valence electrons. The third-order valence-corrected chi connectivity index (χ3v) is 7.07. The van der Waals surface area contributed by atoms with Gasteiger partial charge in [-0.3, -0.25) is 14.4 Å². The first-order chi connectivity index (χ1) is 20.5. The number of amides is 3. The van der Waals surface area contributed by atoms with Crippen LogP contribution in [0, 0.1) is 0 Å². The largest absolute Gasteiger partial charge is 0.493 e. The van der Waals surface area contributed by atoms with Crippen LogP contribution in [0.2, 0.25) is 0 Å². The van der Waals surface area contributed by atoms with Crippen LogP contribution in [0.4, 0.5) is 0 Å². The number of furan rings is 1. The Morgan fingerprint density at radius 3 is 2.57 bits per heavy atom. The molecule has 0 bridgehead atoms. The Balaban J connectivity index is 1.48. The van der Waals surface area contributed by atoms with E-state index in [1.165, 1.54) is 31.4 Å². The highest BCUT2D eigenvalue weighted by Gasteiger charge is 2.33. The van der Waals surface area contributed by atoms with Crippen LogP contribution in [0.3, 0.4) is 0 Å². The van der Waals surface area contributed by atoms with Crippen molar-refractivity contribution in [2.24, 2.45) is 0 Å². The third-order valence-electron chi connectivity index (χ3n) is 7.07. The molecule has 5 rings (SSSR count). The standard InChI is InChI=1S/C30H33N3O9/c1-37-22-10-8-20(14-25(22)38-2)28(30(36)31-15-21-5-3-11-39-21)33(17-19-7-9-23-26(13-19)42-18-41-23)27(34)16-32-29(35)24-6-4-12-40-24/h4,6-10,12-14,21,28H,3,5,11,15-18H2,1-2H3,(H,31,36)(H,32,35)/t21-,28-/m0/s1. The zero-order chi connectivity index (χ0) is 29.5. The lowest BCUT2D eigenvalue weighted by Gasteiger charge is -2.32. The summed E-state index contributed by atoms with van der Waals surface area (Å²) in [6.07, 6.45) is 3.02. The Morgan fingerprint density at radius 2 is 1.83 bits per heavy atom. The molecule has 3 heterocycles. The molecule has 1 saturated heterocycles. The van der Waals surface area contributed by atoms with Crippen molar-refractivity contribution in [3.05, 3.63) is 71.7 Å². The van der Waals surface area contributed by atoms with Gasteiger partial charge >= 0.3 is 0 Å². The molecule has 0 radical (unpaired) electrons. The van der Waals surface area contributed by atoms with Gasteiger partial charge in [0.2, 0.25) is 18.6 Å². The number of nitrogens with zero attached hydrogens (tertiary/aromatic N) is 1. The van der Waals surface area contributed by atoms with Crippen LogP contribution in [0.5, 0.6) is 23.0 Å². The summed E-state index contributed by atoms with van der Waals surface area (Å²) in [6, 6.07) is 12.3. The molecule has 2 atom stereocenters. The van der Waals surface area contributed by atoms with E-state index in [2.05, 4.69) is 10.6 Å². The van der Waals surface area contributed by atoms with Crippen LogP contribution in [-0.4, -0.2) is 69.4 Å². The summed E-state index contributed by atoms with van der Waals surface area (Å²) in [7, 11) is 3.01. The smallest absolute Gasteiger partial charge is 0.287 e. The lowest BCUT2D eigenvalue weighted by Crippen LogP contribution is -2.48. The van der Waals surface area contributed by atoms with Crippen LogP contribution in [0.15, 0.2) is 59.2 Å². The molecule has 12 nitrogen and oxygen atoms in total. The normalized spacial score (nSPS) is 16.0. The fraction of sp³-hybridized carbons (Fsp3) is 0.367. The van der Waals surface area contributed by atoms with Crippen LogP contribution < -0.4 is 29.6 Å². The number of carbonyl (C=O) groups is 3. The number of hydrogen-bond acceptors (Lipinski definition) is 9. The van der Waals surface area contributed by atoms with E-state index in [0.29, 0.717) is 47.3 Å². The van der Waals surface area contributed by atoms with E-state index in [9.17, 15) is 14.4 Å². The van der Waals surface area contributed by atoms with Crippen LogP contribution in [-0.2, 0) is 20.9 Å². The summed E-state index contributed by atoms with van der Waals surface area (Å²) in [5.41, 5.74) is 1.19. The molecule has 1 fully saturated rings. The van der Waals surface area contributed by atoms with Gasteiger partial charge in [0, 0.05) is 19.7 Å². The second-order valence-corrected chi connectivity index (χ2v) is 9.77. The Kier molecular flexibility index (Phi) is 9.12. The number of nitrogens with one attached hydrogen (secondary N) is 2. The summed E-state index contributed by atoms with van der Waals surface area (Å²) >= 11 is 0. The van der Waals surface area contributed by atoms with Gasteiger partial charge in [-0.25, -0.2) is 0 Å². The molecule has 3 aromatic rings. The minimum atomic E-state index is -1.09. The quantitative estimate of drug-likeness (QED) is 0.332. The van der Waals surface area contributed by atoms with Gasteiger partial charge in [-0.05, 0) is 60.4 Å². The van der Waals surface area contributed by atoms with Gasteiger partial charge in [0.25, 0.3) is 5.91 Å². The number of rotatable bonds is 12. The maximum Gasteiger partial charge on any atom is 0.287 e. The number of hydrogen-bond donors (Lipinski definition) is 2. The van der Waals surface area contributed by atoms with E-state index in [1.807, 2.05) is 0 Å². The van der Waals surface area contributed by atoms with Crippen molar-refractivity contribution in [2.45, 2.75) is 31.5 Å². The van der Waals surface area contributed by atoms with Crippen molar-refractivity contribution in [3.8, 4) is 23.0 Å². The van der Waals surface area contributed by atoms with E-state index >= 15 is 0 Å². The molecule has 0 aliphatic carbocycles. The lowest BCUT2D eigenvalue weighted by atomic mass is 10.0. The minimum absolute atomic E-state index is 0.0262. The Morgan fingerprint density at radius 1 is 1.00 bits per heavy atom. The summed E-state index contributed by atoms with van der Waals surface area (Å²) in [5.74, 6) is 0.596. The molecular weight excluding hydrogens is 546 g/mol. The number of carbonyl (C=O) groups excluding carboxylic acids is 3. The highest BCUT2D eigenvalue weighted by atomic mass is 16.7. The topological polar surface area (TPSA) is 138 Å². The van der Waals surface area contributed by atoms with Gasteiger partial charge in [0.05, 0.1) is 33.1 Å². The van der Waals surface area contributed by atoms with E-state index in [0.717, 1.165) is 12.8 Å². The first-order valence-corrected chi connectivity index (χ1v) is 13.6. The fourth-order valence-corrected chi connectivity index (χ4v) is 4.92. The molecule has 0 unspecified atom stereocenters. The van der Waals surface area contributed by atoms with Gasteiger partial charge in [0.1, 0.15) is 6.04 Å². The summed E-state index contributed by atoms with van der Waals surface area (Å²) in [4.78, 5) is 41.8. The first-order valence-electron chi connectivity index (χ1n) is 13.6. The fourth-order valence-electron chi connectivity index (χ4n) is 4.92. The van der Waals surface area contributed by atoms with Gasteiger partial charge in [0.15, 0.2) is 28.8 Å². The Hall–Kier alpha value is -4.71. The molecule has 0 spiro atoms. The van der Waals surface area contributed by atoms with Crippen molar-refractivity contribution in [1.29, 1.82) is 0 Å². The van der Waals surface area contributed by atoms with Crippen molar-refractivity contribution < 1.29 is 42.5 Å². The summed E-state index contributed by atoms with van der Waals surface area (Å²) in [6.45, 7) is 0.680. The highest BCUT2D eigenvalue weighted by molar-refractivity contribution is 5.95. The molecule has 12 heteroatoms. The predicted molar refractivity (Wildman–Crippen MR) is 148 cm³/mol. The Bertz CT molecular complexity index is 1400. The lowest BCUT2D eigenvalue weighted by molar-refractivity contribution is -0.141. The average Bonchev–Trinajstić information content (AvgIpc) is 3.81. The summed E-state index contributed by atoms with van der Waals surface area (Å²) < 4.78 is 32.7. The number of ether oxygens (including phenoxy) is 5. The second kappa shape index (κ2) is 13.3. The predicted octanol–water partition coefficient (Wildman–Crippen LogP) is 2.82. The van der Waals surface area contributed by atoms with Gasteiger partial charge in [-0.2, -0.15) is 0 Å². The number of benzene rings is 2. The highest BCUT2D eigenvalue weighted by Crippen LogP contribution is 2.35. The molecule has 2 aliphatic heterocycles. The van der Waals surface area contributed by atoms with Gasteiger partial charge < -0.3 is 43.6 Å². The van der Waals surface area contributed by atoms with Crippen LogP contribution in [0.1, 0.15) is 40.6 Å². The average molecular weight is 580 g/mol. The molecule has 2 aliphatic rings. The molecule has 3 amide bonds. The summed E-state index contributed by atoms with van der Waals surface area (Å²) in [5, 5.41) is 5.55. The number of fused-ring (bicyclic) bond motifs is 1. The van der Waals surface area contributed by atoms with Crippen LogP contribution >= 0.6 is 0 Å². The van der Waals surface area contributed by atoms with Crippen LogP contribution in [0.25, 0.3) is 0 Å². The zero-order valence-electron chi connectivity index (χ0n) is 23.4. The van der Waals surface area contributed by atoms with Crippen molar-refractivity contribution in [1.82, 2.24) is 15.5 Å². The third kappa shape index (κ3) is 6.60. The maximum absolute atomic E-state index is 13.9. The first kappa shape index (κ1) is 28.8. The number of methoxy groups -OCH3 is 2. The van der Waals surface area contributed by atoms with Crippen molar-refractivity contribution in [3.63, 3.8) is 0 Å². The van der Waals surface area contributed by atoms with Gasteiger partial charge in [-0.1, -0.05) is 12.1 Å². The van der Waals surface area contributed by atoms with E-state index in [-0.39, 0.29) is 31.7 Å².